The third-order valence-electron chi connectivity index (χ3n) is 2.84. The summed E-state index contributed by atoms with van der Waals surface area (Å²) in [6.45, 7) is 0. The SMILES string of the molecule is O=[N+]([O-])c1ccc(Sc2nnnn2-c2ccc(Br)cc2)c(F)c1. The Balaban J connectivity index is 1.91. The Hall–Kier alpha value is -2.33. The number of nitrogens with zero attached hydrogens (tertiary/aromatic N) is 5. The molecule has 1 heterocycles. The summed E-state index contributed by atoms with van der Waals surface area (Å²) in [6, 6.07) is 10.7. The van der Waals surface area contributed by atoms with Crippen molar-refractivity contribution in [3.8, 4) is 5.69 Å². The minimum absolute atomic E-state index is 0.198. The Labute approximate surface area is 141 Å². The highest BCUT2D eigenvalue weighted by Gasteiger charge is 2.15. The number of tetrazole rings is 1. The number of aromatic nitrogens is 4. The largest absolute Gasteiger partial charge is 0.272 e. The van der Waals surface area contributed by atoms with E-state index in [1.165, 1.54) is 16.8 Å². The van der Waals surface area contributed by atoms with Gasteiger partial charge in [0.25, 0.3) is 5.69 Å². The van der Waals surface area contributed by atoms with E-state index in [2.05, 4.69) is 31.5 Å². The van der Waals surface area contributed by atoms with Crippen molar-refractivity contribution in [1.82, 2.24) is 20.2 Å². The molecule has 7 nitrogen and oxygen atoms in total. The molecule has 0 N–H and O–H groups in total. The van der Waals surface area contributed by atoms with Gasteiger partial charge < -0.3 is 0 Å². The van der Waals surface area contributed by atoms with Crippen molar-refractivity contribution in [2.45, 2.75) is 10.1 Å². The highest BCUT2D eigenvalue weighted by molar-refractivity contribution is 9.10. The molecule has 2 aromatic carbocycles. The third kappa shape index (κ3) is 3.37. The predicted molar refractivity (Wildman–Crippen MR) is 84.0 cm³/mol. The lowest BCUT2D eigenvalue weighted by Gasteiger charge is -2.05. The molecule has 0 atom stereocenters. The molecule has 116 valence electrons. The number of hydrogen-bond donors (Lipinski definition) is 0. The Morgan fingerprint density at radius 3 is 2.61 bits per heavy atom. The summed E-state index contributed by atoms with van der Waals surface area (Å²) >= 11 is 4.32. The number of halogens is 2. The van der Waals surface area contributed by atoms with Crippen molar-refractivity contribution in [3.05, 3.63) is 62.9 Å². The van der Waals surface area contributed by atoms with Gasteiger partial charge in [-0.2, -0.15) is 4.68 Å². The highest BCUT2D eigenvalue weighted by Crippen LogP contribution is 2.31. The quantitative estimate of drug-likeness (QED) is 0.495. The molecule has 3 aromatic rings. The molecule has 0 saturated heterocycles. The average molecular weight is 396 g/mol. The molecule has 0 aliphatic heterocycles. The summed E-state index contributed by atoms with van der Waals surface area (Å²) in [5, 5.41) is 22.3. The lowest BCUT2D eigenvalue weighted by atomic mass is 10.3. The molecule has 0 aliphatic carbocycles. The monoisotopic (exact) mass is 395 g/mol. The fraction of sp³-hybridized carbons (Fsp3) is 0. The van der Waals surface area contributed by atoms with Gasteiger partial charge in [0.15, 0.2) is 0 Å². The number of non-ortho nitro benzene ring substituents is 1. The van der Waals surface area contributed by atoms with Gasteiger partial charge in [-0.05, 0) is 52.5 Å². The lowest BCUT2D eigenvalue weighted by molar-refractivity contribution is -0.385. The minimum atomic E-state index is -0.699. The molecule has 0 fully saturated rings. The molecule has 0 saturated carbocycles. The zero-order chi connectivity index (χ0) is 16.4. The van der Waals surface area contributed by atoms with Crippen LogP contribution in [0.5, 0.6) is 0 Å². The van der Waals surface area contributed by atoms with E-state index in [4.69, 9.17) is 0 Å². The van der Waals surface area contributed by atoms with Crippen molar-refractivity contribution in [3.63, 3.8) is 0 Å². The molecule has 10 heteroatoms. The Morgan fingerprint density at radius 2 is 1.96 bits per heavy atom. The van der Waals surface area contributed by atoms with Gasteiger partial charge in [0, 0.05) is 10.5 Å². The van der Waals surface area contributed by atoms with Gasteiger partial charge >= 0.3 is 0 Å². The van der Waals surface area contributed by atoms with Crippen LogP contribution in [0.3, 0.4) is 0 Å². The van der Waals surface area contributed by atoms with E-state index in [0.717, 1.165) is 22.3 Å². The second-order valence-electron chi connectivity index (χ2n) is 4.32. The molecule has 0 spiro atoms. The molecule has 3 rings (SSSR count). The van der Waals surface area contributed by atoms with Crippen LogP contribution in [0.4, 0.5) is 10.1 Å². The fourth-order valence-electron chi connectivity index (χ4n) is 1.77. The minimum Gasteiger partial charge on any atom is -0.258 e. The number of nitro groups is 1. The molecule has 0 radical (unpaired) electrons. The van der Waals surface area contributed by atoms with Crippen molar-refractivity contribution in [2.24, 2.45) is 0 Å². The van der Waals surface area contributed by atoms with Crippen molar-refractivity contribution in [1.29, 1.82) is 0 Å². The van der Waals surface area contributed by atoms with Gasteiger partial charge in [0.2, 0.25) is 5.16 Å². The number of nitro benzene ring substituents is 1. The van der Waals surface area contributed by atoms with Gasteiger partial charge in [-0.15, -0.1) is 5.10 Å². The van der Waals surface area contributed by atoms with Crippen LogP contribution in [0.25, 0.3) is 5.69 Å². The van der Waals surface area contributed by atoms with E-state index in [-0.39, 0.29) is 10.6 Å². The topological polar surface area (TPSA) is 86.7 Å². The van der Waals surface area contributed by atoms with Gasteiger partial charge in [-0.1, -0.05) is 15.9 Å². The molecule has 0 aliphatic rings. The standard InChI is InChI=1S/C13H7BrFN5O2S/c14-8-1-3-9(4-2-8)19-13(16-17-18-19)23-12-6-5-10(20(21)22)7-11(12)15/h1-7H. The van der Waals surface area contributed by atoms with Gasteiger partial charge in [0.05, 0.1) is 21.6 Å². The van der Waals surface area contributed by atoms with E-state index < -0.39 is 10.7 Å². The molecule has 0 unspecified atom stereocenters. The Bertz CT molecular complexity index is 871. The first-order chi connectivity index (χ1) is 11.0. The predicted octanol–water partition coefficient (Wildman–Crippen LogP) is 3.62. The number of rotatable bonds is 4. The summed E-state index contributed by atoms with van der Waals surface area (Å²) < 4.78 is 16.3. The van der Waals surface area contributed by atoms with E-state index >= 15 is 0 Å². The zero-order valence-corrected chi connectivity index (χ0v) is 13.7. The molecular formula is C13H7BrFN5O2S. The maximum absolute atomic E-state index is 14.0. The summed E-state index contributed by atoms with van der Waals surface area (Å²) in [7, 11) is 0. The van der Waals surface area contributed by atoms with Crippen molar-refractivity contribution in [2.75, 3.05) is 0 Å². The van der Waals surface area contributed by atoms with Crippen LogP contribution in [0.15, 0.2) is 57.0 Å². The molecule has 1 aromatic heterocycles. The number of hydrogen-bond acceptors (Lipinski definition) is 6. The highest BCUT2D eigenvalue weighted by atomic mass is 79.9. The Kier molecular flexibility index (Phi) is 4.35. The first-order valence-corrected chi connectivity index (χ1v) is 7.81. The molecule has 0 amide bonds. The first kappa shape index (κ1) is 15.6. The summed E-state index contributed by atoms with van der Waals surface area (Å²) in [6.07, 6.45) is 0. The van der Waals surface area contributed by atoms with Crippen LogP contribution >= 0.6 is 27.7 Å². The van der Waals surface area contributed by atoms with E-state index in [1.807, 2.05) is 12.1 Å². The second-order valence-corrected chi connectivity index (χ2v) is 6.25. The van der Waals surface area contributed by atoms with Crippen molar-refractivity contribution < 1.29 is 9.31 Å². The summed E-state index contributed by atoms with van der Waals surface area (Å²) in [5.41, 5.74) is 0.405. The zero-order valence-electron chi connectivity index (χ0n) is 11.3. The third-order valence-corrected chi connectivity index (χ3v) is 4.36. The number of benzene rings is 2. The smallest absolute Gasteiger partial charge is 0.258 e. The fourth-order valence-corrected chi connectivity index (χ4v) is 2.83. The van der Waals surface area contributed by atoms with Crippen LogP contribution < -0.4 is 0 Å². The summed E-state index contributed by atoms with van der Waals surface area (Å²) in [5.74, 6) is -0.699. The second kappa shape index (κ2) is 6.42. The lowest BCUT2D eigenvalue weighted by Crippen LogP contribution is -1.99. The average Bonchev–Trinajstić information content (AvgIpc) is 2.98. The van der Waals surface area contributed by atoms with E-state index in [0.29, 0.717) is 10.8 Å². The van der Waals surface area contributed by atoms with Gasteiger partial charge in [-0.3, -0.25) is 10.1 Å². The first-order valence-electron chi connectivity index (χ1n) is 6.21. The van der Waals surface area contributed by atoms with Gasteiger partial charge in [0.1, 0.15) is 5.82 Å². The van der Waals surface area contributed by atoms with Crippen LogP contribution in [-0.4, -0.2) is 25.1 Å². The van der Waals surface area contributed by atoms with Gasteiger partial charge in [-0.25, -0.2) is 4.39 Å². The maximum atomic E-state index is 14.0. The molecular weight excluding hydrogens is 389 g/mol. The van der Waals surface area contributed by atoms with Crippen LogP contribution in [0, 0.1) is 15.9 Å². The summed E-state index contributed by atoms with van der Waals surface area (Å²) in [4.78, 5) is 10.2. The van der Waals surface area contributed by atoms with E-state index in [9.17, 15) is 14.5 Å². The molecule has 23 heavy (non-hydrogen) atoms. The van der Waals surface area contributed by atoms with E-state index in [1.54, 1.807) is 12.1 Å². The normalized spacial score (nSPS) is 10.7. The van der Waals surface area contributed by atoms with Crippen LogP contribution in [0.1, 0.15) is 0 Å². The maximum Gasteiger partial charge on any atom is 0.272 e. The molecule has 0 bridgehead atoms. The van der Waals surface area contributed by atoms with Crippen LogP contribution in [-0.2, 0) is 0 Å². The van der Waals surface area contributed by atoms with Crippen LogP contribution in [0.2, 0.25) is 0 Å². The van der Waals surface area contributed by atoms with Crippen molar-refractivity contribution >= 4 is 33.4 Å². The Morgan fingerprint density at radius 1 is 1.22 bits per heavy atom.